The molecule has 0 bridgehead atoms. The molecule has 15 aromatic rings. The van der Waals surface area contributed by atoms with E-state index in [9.17, 15) is 0 Å². The molecule has 1 N–H and O–H groups in total. The van der Waals surface area contributed by atoms with Crippen LogP contribution in [-0.4, -0.2) is 14.1 Å². The zero-order chi connectivity index (χ0) is 43.7. The van der Waals surface area contributed by atoms with Crippen LogP contribution in [0.15, 0.2) is 231 Å². The molecular weight excluding hydrogens is 811 g/mol. The summed E-state index contributed by atoms with van der Waals surface area (Å²) in [5, 5.41) is 17.7. The molecule has 3 heterocycles. The molecule has 3 heteroatoms. The Kier molecular flexibility index (Phi) is 7.50. The van der Waals surface area contributed by atoms with Gasteiger partial charge in [0.1, 0.15) is 0 Å². The van der Waals surface area contributed by atoms with Crippen molar-refractivity contribution in [1.29, 1.82) is 0 Å². The van der Waals surface area contributed by atoms with Crippen molar-refractivity contribution in [3.8, 4) is 33.6 Å². The zero-order valence-electron chi connectivity index (χ0n) is 36.3. The van der Waals surface area contributed by atoms with Crippen molar-refractivity contribution in [2.24, 2.45) is 0 Å². The number of para-hydroxylation sites is 3. The van der Waals surface area contributed by atoms with Crippen molar-refractivity contribution < 1.29 is 0 Å². The first kappa shape index (κ1) is 36.4. The van der Waals surface area contributed by atoms with E-state index in [0.717, 1.165) is 11.2 Å². The Morgan fingerprint density at radius 1 is 0.254 bits per heavy atom. The van der Waals surface area contributed by atoms with E-state index in [1.54, 1.807) is 0 Å². The maximum atomic E-state index is 3.84. The molecule has 0 unspecified atom stereocenters. The van der Waals surface area contributed by atoms with Gasteiger partial charge in [-0.2, -0.15) is 0 Å². The lowest BCUT2D eigenvalue weighted by Gasteiger charge is -2.13. The van der Waals surface area contributed by atoms with E-state index >= 15 is 0 Å². The molecular formula is C64H39N3. The van der Waals surface area contributed by atoms with Crippen LogP contribution >= 0.6 is 0 Å². The molecule has 0 saturated carbocycles. The van der Waals surface area contributed by atoms with Gasteiger partial charge in [0.15, 0.2) is 0 Å². The monoisotopic (exact) mass is 849 g/mol. The molecule has 0 fully saturated rings. The molecule has 0 aliphatic rings. The molecule has 0 saturated heterocycles. The minimum Gasteiger partial charge on any atom is -0.354 e. The SMILES string of the molecule is c1ccc(-n2c3ccccc3c3cc(-c4ccc5c(c4)c4cc(-c6ccc7c(c6)c6ccccc6c6ccc8[nH]c9c%10ccccc%10ccc9c8c67)ccc4n5-c4ccccc4)ccc32)cc1. The fourth-order valence-electron chi connectivity index (χ4n) is 11.6. The van der Waals surface area contributed by atoms with Crippen molar-refractivity contribution in [3.05, 3.63) is 231 Å². The molecule has 15 rings (SSSR count). The van der Waals surface area contributed by atoms with Crippen LogP contribution in [0.5, 0.6) is 0 Å². The van der Waals surface area contributed by atoms with Gasteiger partial charge in [-0.25, -0.2) is 0 Å². The first-order chi connectivity index (χ1) is 33.2. The summed E-state index contributed by atoms with van der Waals surface area (Å²) in [6.07, 6.45) is 0. The maximum Gasteiger partial charge on any atom is 0.0544 e. The summed E-state index contributed by atoms with van der Waals surface area (Å²) >= 11 is 0. The van der Waals surface area contributed by atoms with Gasteiger partial charge in [0.2, 0.25) is 0 Å². The van der Waals surface area contributed by atoms with Gasteiger partial charge >= 0.3 is 0 Å². The summed E-state index contributed by atoms with van der Waals surface area (Å²) in [5.74, 6) is 0. The van der Waals surface area contributed by atoms with Gasteiger partial charge in [-0.3, -0.25) is 0 Å². The van der Waals surface area contributed by atoms with Gasteiger partial charge in [-0.1, -0.05) is 152 Å². The van der Waals surface area contributed by atoms with E-state index in [4.69, 9.17) is 0 Å². The van der Waals surface area contributed by atoms with Crippen LogP contribution in [0.25, 0.3) is 142 Å². The molecule has 0 aliphatic carbocycles. The highest BCUT2D eigenvalue weighted by Crippen LogP contribution is 2.45. The Hall–Kier alpha value is -8.92. The smallest absolute Gasteiger partial charge is 0.0544 e. The van der Waals surface area contributed by atoms with Crippen LogP contribution in [-0.2, 0) is 0 Å². The second-order valence-corrected chi connectivity index (χ2v) is 18.1. The minimum absolute atomic E-state index is 1.15. The molecule has 0 atom stereocenters. The third-order valence-electron chi connectivity index (χ3n) is 14.6. The second-order valence-electron chi connectivity index (χ2n) is 18.1. The summed E-state index contributed by atoms with van der Waals surface area (Å²) in [7, 11) is 0. The highest BCUT2D eigenvalue weighted by Gasteiger charge is 2.19. The van der Waals surface area contributed by atoms with E-state index in [2.05, 4.69) is 245 Å². The topological polar surface area (TPSA) is 25.6 Å². The lowest BCUT2D eigenvalue weighted by molar-refractivity contribution is 1.18. The summed E-state index contributed by atoms with van der Waals surface area (Å²) in [5.41, 5.74) is 14.3. The van der Waals surface area contributed by atoms with Crippen molar-refractivity contribution >= 4 is 109 Å². The fourth-order valence-corrected chi connectivity index (χ4v) is 11.6. The number of hydrogen-bond acceptors (Lipinski definition) is 0. The van der Waals surface area contributed by atoms with Gasteiger partial charge < -0.3 is 14.1 Å². The second kappa shape index (κ2) is 13.8. The minimum atomic E-state index is 1.15. The normalized spacial score (nSPS) is 12.2. The number of nitrogens with zero attached hydrogens (tertiary/aromatic N) is 2. The number of fused-ring (bicyclic) bond motifs is 18. The Balaban J connectivity index is 0.942. The first-order valence-corrected chi connectivity index (χ1v) is 23.2. The van der Waals surface area contributed by atoms with Crippen LogP contribution in [0, 0.1) is 0 Å². The first-order valence-electron chi connectivity index (χ1n) is 23.2. The van der Waals surface area contributed by atoms with Crippen LogP contribution < -0.4 is 0 Å². The highest BCUT2D eigenvalue weighted by molar-refractivity contribution is 6.36. The van der Waals surface area contributed by atoms with Gasteiger partial charge in [-0.05, 0) is 133 Å². The molecule has 12 aromatic carbocycles. The maximum absolute atomic E-state index is 3.84. The van der Waals surface area contributed by atoms with Crippen LogP contribution in [0.3, 0.4) is 0 Å². The quantitative estimate of drug-likeness (QED) is 0.171. The van der Waals surface area contributed by atoms with Crippen molar-refractivity contribution in [3.63, 3.8) is 0 Å². The summed E-state index contributed by atoms with van der Waals surface area (Å²) in [4.78, 5) is 3.84. The van der Waals surface area contributed by atoms with Crippen LogP contribution in [0.1, 0.15) is 0 Å². The Morgan fingerprint density at radius 2 is 0.687 bits per heavy atom. The van der Waals surface area contributed by atoms with Gasteiger partial charge in [0.25, 0.3) is 0 Å². The lowest BCUT2D eigenvalue weighted by Crippen LogP contribution is -1.93. The highest BCUT2D eigenvalue weighted by atomic mass is 15.0. The number of aromatic amines is 1. The fraction of sp³-hybridized carbons (Fsp3) is 0. The molecule has 3 nitrogen and oxygen atoms in total. The number of rotatable bonds is 4. The molecule has 0 radical (unpaired) electrons. The Morgan fingerprint density at radius 3 is 1.31 bits per heavy atom. The van der Waals surface area contributed by atoms with E-state index in [-0.39, 0.29) is 0 Å². The van der Waals surface area contributed by atoms with E-state index in [0.29, 0.717) is 0 Å². The standard InChI is InChI=1S/C64H39N3/c1-3-14-44(15-4-1)66-58-22-12-11-21-49(58)54-36-41(25-32-59(54)66)43-27-34-61-56(38-43)55-37-42(26-33-60(55)67(61)45-16-5-2-6-17-45)40-24-28-51-53(35-40)48-20-10-9-19-47(48)50-30-31-57-63(62(50)51)52-29-23-39-13-7-8-18-46(39)64(52)65-57/h1-38,65H. The molecule has 0 amide bonds. The molecule has 310 valence electrons. The predicted molar refractivity (Wildman–Crippen MR) is 285 cm³/mol. The molecule has 0 spiro atoms. The average molecular weight is 850 g/mol. The van der Waals surface area contributed by atoms with Gasteiger partial charge in [0, 0.05) is 60.0 Å². The van der Waals surface area contributed by atoms with Crippen molar-refractivity contribution in [1.82, 2.24) is 14.1 Å². The van der Waals surface area contributed by atoms with E-state index < -0.39 is 0 Å². The number of aromatic nitrogens is 3. The third-order valence-corrected chi connectivity index (χ3v) is 14.6. The molecule has 3 aromatic heterocycles. The Labute approximate surface area is 385 Å². The molecule has 0 aliphatic heterocycles. The summed E-state index contributed by atoms with van der Waals surface area (Å²) in [6.45, 7) is 0. The largest absolute Gasteiger partial charge is 0.354 e. The third kappa shape index (κ3) is 5.22. The predicted octanol–water partition coefficient (Wildman–Crippen LogP) is 17.5. The average Bonchev–Trinajstić information content (AvgIpc) is 4.06. The summed E-state index contributed by atoms with van der Waals surface area (Å²) in [6, 6.07) is 85.2. The van der Waals surface area contributed by atoms with Crippen molar-refractivity contribution in [2.75, 3.05) is 0 Å². The zero-order valence-corrected chi connectivity index (χ0v) is 36.3. The van der Waals surface area contributed by atoms with E-state index in [1.165, 1.54) is 131 Å². The van der Waals surface area contributed by atoms with E-state index in [1.807, 2.05) is 0 Å². The number of H-pyrrole nitrogens is 1. The van der Waals surface area contributed by atoms with Gasteiger partial charge in [0.05, 0.1) is 27.6 Å². The van der Waals surface area contributed by atoms with Gasteiger partial charge in [-0.15, -0.1) is 0 Å². The molecule has 67 heavy (non-hydrogen) atoms. The van der Waals surface area contributed by atoms with Crippen LogP contribution in [0.4, 0.5) is 0 Å². The van der Waals surface area contributed by atoms with Crippen molar-refractivity contribution in [2.45, 2.75) is 0 Å². The Bertz CT molecular complexity index is 4550. The summed E-state index contributed by atoms with van der Waals surface area (Å²) < 4.78 is 4.81. The number of hydrogen-bond donors (Lipinski definition) is 1. The number of nitrogens with one attached hydrogen (secondary N) is 1. The van der Waals surface area contributed by atoms with Crippen LogP contribution in [0.2, 0.25) is 0 Å². The number of benzene rings is 12. The lowest BCUT2D eigenvalue weighted by atomic mass is 9.89.